The van der Waals surface area contributed by atoms with E-state index < -0.39 is 9.84 Å². The molecule has 0 spiro atoms. The van der Waals surface area contributed by atoms with Crippen LogP contribution in [0.3, 0.4) is 0 Å². The topological polar surface area (TPSA) is 46.2 Å². The Labute approximate surface area is 124 Å². The first-order valence-corrected chi connectivity index (χ1v) is 9.44. The van der Waals surface area contributed by atoms with Gasteiger partial charge in [0, 0.05) is 22.5 Å². The Morgan fingerprint density at radius 3 is 2.68 bits per heavy atom. The van der Waals surface area contributed by atoms with Crippen LogP contribution in [0.15, 0.2) is 28.7 Å². The molecule has 0 aliphatic heterocycles. The van der Waals surface area contributed by atoms with Gasteiger partial charge < -0.3 is 5.32 Å². The van der Waals surface area contributed by atoms with Gasteiger partial charge in [0.1, 0.15) is 9.84 Å². The van der Waals surface area contributed by atoms with Gasteiger partial charge in [-0.25, -0.2) is 8.42 Å². The van der Waals surface area contributed by atoms with Gasteiger partial charge in [0.25, 0.3) is 0 Å². The Hall–Kier alpha value is -0.390. The van der Waals surface area contributed by atoms with Gasteiger partial charge in [0.15, 0.2) is 0 Å². The first kappa shape index (κ1) is 16.7. The van der Waals surface area contributed by atoms with Crippen molar-refractivity contribution < 1.29 is 8.42 Å². The number of hydrogen-bond donors (Lipinski definition) is 1. The fraction of sp³-hybridized carbons (Fsp3) is 0.571. The van der Waals surface area contributed by atoms with Crippen molar-refractivity contribution in [3.8, 4) is 0 Å². The molecule has 0 heterocycles. The highest BCUT2D eigenvalue weighted by Gasteiger charge is 2.12. The lowest BCUT2D eigenvalue weighted by molar-refractivity contribution is 0.492. The van der Waals surface area contributed by atoms with Crippen molar-refractivity contribution in [1.82, 2.24) is 5.32 Å². The van der Waals surface area contributed by atoms with Crippen LogP contribution in [0.2, 0.25) is 0 Å². The summed E-state index contributed by atoms with van der Waals surface area (Å²) in [7, 11) is -2.87. The largest absolute Gasteiger partial charge is 0.310 e. The lowest BCUT2D eigenvalue weighted by atomic mass is 10.0. The Morgan fingerprint density at radius 2 is 2.11 bits per heavy atom. The van der Waals surface area contributed by atoms with Gasteiger partial charge in [-0.3, -0.25) is 0 Å². The number of halogens is 1. The van der Waals surface area contributed by atoms with E-state index in [1.807, 2.05) is 12.1 Å². The predicted octanol–water partition coefficient (Wildman–Crippen LogP) is 3.31. The van der Waals surface area contributed by atoms with Gasteiger partial charge in [0.05, 0.1) is 0 Å². The molecular weight excluding hydrogens is 326 g/mol. The molecule has 0 fully saturated rings. The first-order valence-electron chi connectivity index (χ1n) is 6.59. The third kappa shape index (κ3) is 7.09. The molecule has 0 saturated heterocycles. The van der Waals surface area contributed by atoms with Crippen LogP contribution in [-0.4, -0.2) is 27.0 Å². The first-order chi connectivity index (χ1) is 8.92. The van der Waals surface area contributed by atoms with Crippen LogP contribution in [0, 0.1) is 0 Å². The maximum Gasteiger partial charge on any atom is 0.147 e. The fourth-order valence-electron chi connectivity index (χ4n) is 1.98. The number of benzene rings is 1. The number of rotatable bonds is 8. The van der Waals surface area contributed by atoms with Crippen molar-refractivity contribution in [2.75, 3.05) is 18.6 Å². The zero-order valence-electron chi connectivity index (χ0n) is 11.5. The van der Waals surface area contributed by atoms with Gasteiger partial charge in [-0.05, 0) is 43.5 Å². The third-order valence-corrected chi connectivity index (χ3v) is 4.42. The number of nitrogens with one attached hydrogen (secondary N) is 1. The standard InChI is InChI=1S/C14H22BrNO2S/c1-3-9-16-14(8-5-10-19(2,17)18)12-6-4-7-13(15)11-12/h4,6-7,11,14,16H,3,5,8-10H2,1-2H3. The number of hydrogen-bond acceptors (Lipinski definition) is 3. The highest BCUT2D eigenvalue weighted by Crippen LogP contribution is 2.22. The molecule has 108 valence electrons. The summed E-state index contributed by atoms with van der Waals surface area (Å²) in [5, 5.41) is 3.48. The molecule has 0 radical (unpaired) electrons. The van der Waals surface area contributed by atoms with Crippen molar-refractivity contribution in [1.29, 1.82) is 0 Å². The molecule has 1 unspecified atom stereocenters. The molecule has 3 nitrogen and oxygen atoms in total. The molecule has 0 aliphatic rings. The average Bonchev–Trinajstić information content (AvgIpc) is 2.32. The zero-order valence-corrected chi connectivity index (χ0v) is 13.9. The van der Waals surface area contributed by atoms with E-state index in [-0.39, 0.29) is 11.8 Å². The zero-order chi connectivity index (χ0) is 14.3. The van der Waals surface area contributed by atoms with Crippen LogP contribution < -0.4 is 5.32 Å². The molecular formula is C14H22BrNO2S. The third-order valence-electron chi connectivity index (χ3n) is 2.90. The molecule has 0 aromatic heterocycles. The van der Waals surface area contributed by atoms with Crippen molar-refractivity contribution in [2.45, 2.75) is 32.2 Å². The van der Waals surface area contributed by atoms with Crippen LogP contribution in [0.4, 0.5) is 0 Å². The molecule has 1 atom stereocenters. The second-order valence-electron chi connectivity index (χ2n) is 4.83. The SMILES string of the molecule is CCCNC(CCCS(C)(=O)=O)c1cccc(Br)c1. The highest BCUT2D eigenvalue weighted by molar-refractivity contribution is 9.10. The number of sulfone groups is 1. The minimum Gasteiger partial charge on any atom is -0.310 e. The van der Waals surface area contributed by atoms with Crippen LogP contribution in [0.25, 0.3) is 0 Å². The molecule has 5 heteroatoms. The quantitative estimate of drug-likeness (QED) is 0.784. The minimum atomic E-state index is -2.87. The van der Waals surface area contributed by atoms with E-state index in [2.05, 4.69) is 40.3 Å². The fourth-order valence-corrected chi connectivity index (χ4v) is 3.09. The summed E-state index contributed by atoms with van der Waals surface area (Å²) >= 11 is 3.47. The van der Waals surface area contributed by atoms with E-state index in [1.165, 1.54) is 11.8 Å². The van der Waals surface area contributed by atoms with E-state index in [0.29, 0.717) is 6.42 Å². The molecule has 19 heavy (non-hydrogen) atoms. The van der Waals surface area contributed by atoms with Gasteiger partial charge in [-0.1, -0.05) is 35.0 Å². The van der Waals surface area contributed by atoms with Gasteiger partial charge in [0.2, 0.25) is 0 Å². The second kappa shape index (κ2) is 8.02. The van der Waals surface area contributed by atoms with Crippen molar-refractivity contribution in [3.05, 3.63) is 34.3 Å². The smallest absolute Gasteiger partial charge is 0.147 e. The van der Waals surface area contributed by atoms with Crippen molar-refractivity contribution in [2.24, 2.45) is 0 Å². The summed E-state index contributed by atoms with van der Waals surface area (Å²) in [6, 6.07) is 8.40. The monoisotopic (exact) mass is 347 g/mol. The maximum absolute atomic E-state index is 11.2. The summed E-state index contributed by atoms with van der Waals surface area (Å²) in [5.74, 6) is 0.255. The Bertz CT molecular complexity index is 488. The van der Waals surface area contributed by atoms with E-state index in [1.54, 1.807) is 0 Å². The Morgan fingerprint density at radius 1 is 1.37 bits per heavy atom. The summed E-state index contributed by atoms with van der Waals surface area (Å²) in [6.45, 7) is 3.07. The predicted molar refractivity (Wildman–Crippen MR) is 84.1 cm³/mol. The molecule has 1 N–H and O–H groups in total. The molecule has 0 aliphatic carbocycles. The van der Waals surface area contributed by atoms with Gasteiger partial charge in [-0.15, -0.1) is 0 Å². The van der Waals surface area contributed by atoms with Crippen molar-refractivity contribution >= 4 is 25.8 Å². The van der Waals surface area contributed by atoms with Crippen LogP contribution in [0.5, 0.6) is 0 Å². The highest BCUT2D eigenvalue weighted by atomic mass is 79.9. The summed E-state index contributed by atoms with van der Waals surface area (Å²) < 4.78 is 23.4. The second-order valence-corrected chi connectivity index (χ2v) is 8.01. The Balaban J connectivity index is 2.66. The lowest BCUT2D eigenvalue weighted by Crippen LogP contribution is -2.22. The summed E-state index contributed by atoms with van der Waals surface area (Å²) in [6.07, 6.45) is 3.88. The van der Waals surface area contributed by atoms with Gasteiger partial charge in [-0.2, -0.15) is 0 Å². The van der Waals surface area contributed by atoms with Crippen LogP contribution in [0.1, 0.15) is 37.8 Å². The average molecular weight is 348 g/mol. The summed E-state index contributed by atoms with van der Waals surface area (Å²) in [4.78, 5) is 0. The molecule has 1 aromatic rings. The normalized spacial score (nSPS) is 13.4. The van der Waals surface area contributed by atoms with E-state index in [4.69, 9.17) is 0 Å². The molecule has 0 saturated carbocycles. The van der Waals surface area contributed by atoms with E-state index >= 15 is 0 Å². The molecule has 0 amide bonds. The van der Waals surface area contributed by atoms with Crippen LogP contribution in [-0.2, 0) is 9.84 Å². The Kier molecular flexibility index (Phi) is 7.04. The van der Waals surface area contributed by atoms with Crippen molar-refractivity contribution in [3.63, 3.8) is 0 Å². The molecule has 1 rings (SSSR count). The maximum atomic E-state index is 11.2. The molecule has 0 bridgehead atoms. The minimum absolute atomic E-state index is 0.221. The molecule has 1 aromatic carbocycles. The van der Waals surface area contributed by atoms with Crippen LogP contribution >= 0.6 is 15.9 Å². The lowest BCUT2D eigenvalue weighted by Gasteiger charge is -2.19. The van der Waals surface area contributed by atoms with E-state index in [0.717, 1.165) is 23.9 Å². The van der Waals surface area contributed by atoms with Gasteiger partial charge >= 0.3 is 0 Å². The summed E-state index contributed by atoms with van der Waals surface area (Å²) in [5.41, 5.74) is 1.20. The van der Waals surface area contributed by atoms with E-state index in [9.17, 15) is 8.42 Å².